The summed E-state index contributed by atoms with van der Waals surface area (Å²) in [5, 5.41) is 9.72. The maximum atomic E-state index is 9.72. The van der Waals surface area contributed by atoms with Crippen LogP contribution in [0, 0.1) is 0 Å². The number of ether oxygens (including phenoxy) is 1. The predicted octanol–water partition coefficient (Wildman–Crippen LogP) is 2.07. The Bertz CT molecular complexity index is 329. The summed E-state index contributed by atoms with van der Waals surface area (Å²) in [6, 6.07) is 5.41. The third kappa shape index (κ3) is 3.80. The van der Waals surface area contributed by atoms with Gasteiger partial charge in [0.05, 0.1) is 0 Å². The Labute approximate surface area is 90.9 Å². The van der Waals surface area contributed by atoms with E-state index in [2.05, 4.69) is 0 Å². The van der Waals surface area contributed by atoms with E-state index in [0.29, 0.717) is 12.3 Å². The molecule has 3 N–H and O–H groups in total. The smallest absolute Gasteiger partial charge is 0.161 e. The number of aromatic hydroxyl groups is 1. The molecular formula is C12H19NO2. The second kappa shape index (κ2) is 4.53. The zero-order valence-corrected chi connectivity index (χ0v) is 9.58. The van der Waals surface area contributed by atoms with Crippen molar-refractivity contribution in [3.05, 3.63) is 23.8 Å². The Morgan fingerprint density at radius 1 is 1.33 bits per heavy atom. The van der Waals surface area contributed by atoms with Crippen LogP contribution in [0.2, 0.25) is 0 Å². The van der Waals surface area contributed by atoms with E-state index < -0.39 is 0 Å². The van der Waals surface area contributed by atoms with Gasteiger partial charge in [0.1, 0.15) is 5.60 Å². The van der Waals surface area contributed by atoms with E-state index >= 15 is 0 Å². The molecule has 0 heterocycles. The third-order valence-electron chi connectivity index (χ3n) is 1.87. The van der Waals surface area contributed by atoms with Crippen molar-refractivity contribution >= 4 is 0 Å². The van der Waals surface area contributed by atoms with Crippen molar-refractivity contribution in [3.63, 3.8) is 0 Å². The summed E-state index contributed by atoms with van der Waals surface area (Å²) in [5.41, 5.74) is 6.16. The van der Waals surface area contributed by atoms with Crippen molar-refractivity contribution in [1.82, 2.24) is 0 Å². The lowest BCUT2D eigenvalue weighted by Gasteiger charge is -2.22. The van der Waals surface area contributed by atoms with E-state index in [1.807, 2.05) is 26.8 Å². The van der Waals surface area contributed by atoms with Gasteiger partial charge in [0.25, 0.3) is 0 Å². The standard InChI is InChI=1S/C12H19NO2/c1-12(2,3)15-11-5-4-9(6-7-13)8-10(11)14/h4-5,8,14H,6-7,13H2,1-3H3. The molecule has 0 spiro atoms. The van der Waals surface area contributed by atoms with E-state index in [-0.39, 0.29) is 11.4 Å². The number of hydrogen-bond acceptors (Lipinski definition) is 3. The number of nitrogens with two attached hydrogens (primary N) is 1. The average Bonchev–Trinajstić information content (AvgIpc) is 2.08. The minimum absolute atomic E-state index is 0.177. The Hall–Kier alpha value is -1.22. The maximum Gasteiger partial charge on any atom is 0.161 e. The van der Waals surface area contributed by atoms with Crippen molar-refractivity contribution in [2.75, 3.05) is 6.54 Å². The highest BCUT2D eigenvalue weighted by atomic mass is 16.5. The van der Waals surface area contributed by atoms with Crippen molar-refractivity contribution in [3.8, 4) is 11.5 Å². The molecule has 0 aliphatic carbocycles. The van der Waals surface area contributed by atoms with Crippen LogP contribution in [0.15, 0.2) is 18.2 Å². The van der Waals surface area contributed by atoms with E-state index in [1.165, 1.54) is 0 Å². The molecule has 0 aliphatic rings. The van der Waals surface area contributed by atoms with Crippen molar-refractivity contribution in [2.45, 2.75) is 32.8 Å². The Morgan fingerprint density at radius 3 is 2.47 bits per heavy atom. The minimum Gasteiger partial charge on any atom is -0.504 e. The molecule has 0 fully saturated rings. The first-order valence-corrected chi connectivity index (χ1v) is 5.13. The van der Waals surface area contributed by atoms with Crippen molar-refractivity contribution in [2.24, 2.45) is 5.73 Å². The van der Waals surface area contributed by atoms with Crippen LogP contribution in [0.3, 0.4) is 0 Å². The van der Waals surface area contributed by atoms with Crippen LogP contribution in [0.4, 0.5) is 0 Å². The van der Waals surface area contributed by atoms with Gasteiger partial charge in [0.15, 0.2) is 11.5 Å². The number of phenolic OH excluding ortho intramolecular Hbond substituents is 1. The topological polar surface area (TPSA) is 55.5 Å². The molecule has 3 heteroatoms. The van der Waals surface area contributed by atoms with E-state index in [9.17, 15) is 5.11 Å². The quantitative estimate of drug-likeness (QED) is 0.801. The van der Waals surface area contributed by atoms with Crippen LogP contribution in [0.25, 0.3) is 0 Å². The highest BCUT2D eigenvalue weighted by molar-refractivity contribution is 5.42. The first kappa shape index (κ1) is 11.9. The van der Waals surface area contributed by atoms with Crippen molar-refractivity contribution < 1.29 is 9.84 Å². The van der Waals surface area contributed by atoms with E-state index in [0.717, 1.165) is 12.0 Å². The van der Waals surface area contributed by atoms with Gasteiger partial charge < -0.3 is 15.6 Å². The number of rotatable bonds is 3. The fourth-order valence-corrected chi connectivity index (χ4v) is 1.30. The lowest BCUT2D eigenvalue weighted by atomic mass is 10.1. The molecule has 0 bridgehead atoms. The maximum absolute atomic E-state index is 9.72. The number of hydrogen-bond donors (Lipinski definition) is 2. The molecule has 1 aromatic carbocycles. The highest BCUT2D eigenvalue weighted by Crippen LogP contribution is 2.29. The molecule has 0 saturated carbocycles. The van der Waals surface area contributed by atoms with Gasteiger partial charge in [-0.25, -0.2) is 0 Å². The summed E-state index contributed by atoms with van der Waals surface area (Å²) in [4.78, 5) is 0. The monoisotopic (exact) mass is 209 g/mol. The molecule has 0 atom stereocenters. The van der Waals surface area contributed by atoms with Gasteiger partial charge in [-0.15, -0.1) is 0 Å². The van der Waals surface area contributed by atoms with Gasteiger partial charge in [-0.2, -0.15) is 0 Å². The summed E-state index contributed by atoms with van der Waals surface area (Å²) in [5.74, 6) is 0.694. The molecule has 3 nitrogen and oxygen atoms in total. The minimum atomic E-state index is -0.299. The van der Waals surface area contributed by atoms with Gasteiger partial charge in [-0.05, 0) is 51.4 Å². The van der Waals surface area contributed by atoms with E-state index in [1.54, 1.807) is 12.1 Å². The van der Waals surface area contributed by atoms with Crippen LogP contribution < -0.4 is 10.5 Å². The number of benzene rings is 1. The van der Waals surface area contributed by atoms with Gasteiger partial charge in [-0.1, -0.05) is 6.07 Å². The van der Waals surface area contributed by atoms with Gasteiger partial charge in [-0.3, -0.25) is 0 Å². The zero-order chi connectivity index (χ0) is 11.5. The molecule has 0 aliphatic heterocycles. The first-order valence-electron chi connectivity index (χ1n) is 5.13. The zero-order valence-electron chi connectivity index (χ0n) is 9.58. The van der Waals surface area contributed by atoms with Gasteiger partial charge >= 0.3 is 0 Å². The molecule has 0 saturated heterocycles. The molecular weight excluding hydrogens is 190 g/mol. The normalized spacial score (nSPS) is 11.5. The fraction of sp³-hybridized carbons (Fsp3) is 0.500. The molecule has 15 heavy (non-hydrogen) atoms. The van der Waals surface area contributed by atoms with Crippen LogP contribution in [0.5, 0.6) is 11.5 Å². The van der Waals surface area contributed by atoms with Gasteiger partial charge in [0.2, 0.25) is 0 Å². The number of phenols is 1. The molecule has 0 radical (unpaired) electrons. The van der Waals surface area contributed by atoms with Crippen LogP contribution in [-0.2, 0) is 6.42 Å². The lowest BCUT2D eigenvalue weighted by Crippen LogP contribution is -2.23. The summed E-state index contributed by atoms with van der Waals surface area (Å²) < 4.78 is 5.58. The van der Waals surface area contributed by atoms with Crippen molar-refractivity contribution in [1.29, 1.82) is 0 Å². The third-order valence-corrected chi connectivity index (χ3v) is 1.87. The second-order valence-corrected chi connectivity index (χ2v) is 4.56. The Balaban J connectivity index is 2.84. The molecule has 0 aromatic heterocycles. The summed E-state index contributed by atoms with van der Waals surface area (Å²) in [7, 11) is 0. The lowest BCUT2D eigenvalue weighted by molar-refractivity contribution is 0.126. The largest absolute Gasteiger partial charge is 0.504 e. The average molecular weight is 209 g/mol. The summed E-state index contributed by atoms with van der Waals surface area (Å²) in [6.45, 7) is 6.42. The first-order chi connectivity index (χ1) is 6.92. The van der Waals surface area contributed by atoms with Crippen LogP contribution >= 0.6 is 0 Å². The highest BCUT2D eigenvalue weighted by Gasteiger charge is 2.14. The summed E-state index contributed by atoms with van der Waals surface area (Å²) in [6.07, 6.45) is 0.767. The Kier molecular flexibility index (Phi) is 3.58. The second-order valence-electron chi connectivity index (χ2n) is 4.56. The SMILES string of the molecule is CC(C)(C)Oc1ccc(CCN)cc1O. The molecule has 0 unspecified atom stereocenters. The van der Waals surface area contributed by atoms with E-state index in [4.69, 9.17) is 10.5 Å². The molecule has 0 amide bonds. The van der Waals surface area contributed by atoms with Gasteiger partial charge in [0, 0.05) is 0 Å². The van der Waals surface area contributed by atoms with Crippen LogP contribution in [0.1, 0.15) is 26.3 Å². The predicted molar refractivity (Wildman–Crippen MR) is 61.2 cm³/mol. The van der Waals surface area contributed by atoms with Crippen LogP contribution in [-0.4, -0.2) is 17.3 Å². The molecule has 84 valence electrons. The fourth-order valence-electron chi connectivity index (χ4n) is 1.30. The summed E-state index contributed by atoms with van der Waals surface area (Å²) >= 11 is 0. The Morgan fingerprint density at radius 2 is 2.00 bits per heavy atom. The molecule has 1 rings (SSSR count). The molecule has 1 aromatic rings.